The van der Waals surface area contributed by atoms with E-state index in [4.69, 9.17) is 5.11 Å². The summed E-state index contributed by atoms with van der Waals surface area (Å²) in [4.78, 5) is 13.7. The molecule has 0 saturated carbocycles. The smallest absolute Gasteiger partial charge is 0.234 e. The average molecular weight is 242 g/mol. The van der Waals surface area contributed by atoms with Crippen LogP contribution < -0.4 is 5.32 Å². The van der Waals surface area contributed by atoms with Crippen molar-refractivity contribution < 1.29 is 9.90 Å². The number of carbonyl (C=O) groups excluding carboxylic acids is 1. The molecule has 17 heavy (non-hydrogen) atoms. The molecule has 1 saturated heterocycles. The lowest BCUT2D eigenvalue weighted by Gasteiger charge is -2.21. The molecule has 1 heterocycles. The number of hydrogen-bond donors (Lipinski definition) is 2. The highest BCUT2D eigenvalue weighted by molar-refractivity contribution is 5.78. The zero-order chi connectivity index (χ0) is 12.5. The number of unbranched alkanes of at least 4 members (excludes halogenated alkanes) is 3. The fraction of sp³-hybridized carbons (Fsp3) is 0.923. The Morgan fingerprint density at radius 3 is 2.94 bits per heavy atom. The van der Waals surface area contributed by atoms with Crippen molar-refractivity contribution in [2.24, 2.45) is 0 Å². The van der Waals surface area contributed by atoms with Gasteiger partial charge < -0.3 is 10.4 Å². The van der Waals surface area contributed by atoms with E-state index >= 15 is 0 Å². The standard InChI is InChI=1S/C13H26N2O2/c1-2-3-4-5-8-14-13(17)10-15-9-6-7-12(15)11-16/h12,16H,2-11H2,1H3,(H,14,17)/t12-/m1/s1. The van der Waals surface area contributed by atoms with Gasteiger partial charge in [-0.15, -0.1) is 0 Å². The van der Waals surface area contributed by atoms with Gasteiger partial charge in [0, 0.05) is 12.6 Å². The predicted octanol–water partition coefficient (Wildman–Crippen LogP) is 1.14. The van der Waals surface area contributed by atoms with Crippen molar-refractivity contribution >= 4 is 5.91 Å². The van der Waals surface area contributed by atoms with Gasteiger partial charge in [-0.25, -0.2) is 0 Å². The molecular weight excluding hydrogens is 216 g/mol. The van der Waals surface area contributed by atoms with E-state index < -0.39 is 0 Å². The molecule has 0 aliphatic carbocycles. The van der Waals surface area contributed by atoms with Crippen LogP contribution in [0.5, 0.6) is 0 Å². The number of aliphatic hydroxyl groups excluding tert-OH is 1. The van der Waals surface area contributed by atoms with E-state index in [1.54, 1.807) is 0 Å². The number of hydrogen-bond acceptors (Lipinski definition) is 3. The molecule has 0 bridgehead atoms. The molecule has 1 aliphatic heterocycles. The van der Waals surface area contributed by atoms with E-state index in [0.717, 1.165) is 32.4 Å². The number of aliphatic hydroxyl groups is 1. The van der Waals surface area contributed by atoms with E-state index in [2.05, 4.69) is 17.1 Å². The molecule has 0 aromatic rings. The van der Waals surface area contributed by atoms with Crippen LogP contribution in [-0.2, 0) is 4.79 Å². The van der Waals surface area contributed by atoms with Gasteiger partial charge in [0.1, 0.15) is 0 Å². The van der Waals surface area contributed by atoms with Gasteiger partial charge in [0.05, 0.1) is 13.2 Å². The first-order chi connectivity index (χ1) is 8.27. The molecule has 4 nitrogen and oxygen atoms in total. The minimum Gasteiger partial charge on any atom is -0.395 e. The first kappa shape index (κ1) is 14.5. The summed E-state index contributed by atoms with van der Waals surface area (Å²) in [5, 5.41) is 12.1. The number of amides is 1. The molecule has 1 aliphatic rings. The molecule has 0 unspecified atom stereocenters. The fourth-order valence-electron chi connectivity index (χ4n) is 2.33. The quantitative estimate of drug-likeness (QED) is 0.628. The minimum atomic E-state index is 0.0989. The molecule has 0 aromatic carbocycles. The number of rotatable bonds is 8. The van der Waals surface area contributed by atoms with Crippen molar-refractivity contribution in [3.05, 3.63) is 0 Å². The lowest BCUT2D eigenvalue weighted by molar-refractivity contribution is -0.122. The Labute approximate surface area is 104 Å². The van der Waals surface area contributed by atoms with Crippen molar-refractivity contribution in [3.8, 4) is 0 Å². The highest BCUT2D eigenvalue weighted by atomic mass is 16.3. The number of nitrogens with zero attached hydrogens (tertiary/aromatic N) is 1. The molecular formula is C13H26N2O2. The van der Waals surface area contributed by atoms with Crippen molar-refractivity contribution in [1.29, 1.82) is 0 Å². The van der Waals surface area contributed by atoms with Crippen molar-refractivity contribution in [1.82, 2.24) is 10.2 Å². The van der Waals surface area contributed by atoms with Crippen LogP contribution in [0.2, 0.25) is 0 Å². The van der Waals surface area contributed by atoms with Gasteiger partial charge in [0.2, 0.25) is 5.91 Å². The van der Waals surface area contributed by atoms with E-state index in [1.807, 2.05) is 0 Å². The van der Waals surface area contributed by atoms with Gasteiger partial charge in [-0.3, -0.25) is 9.69 Å². The molecule has 1 amide bonds. The van der Waals surface area contributed by atoms with Crippen LogP contribution in [0.1, 0.15) is 45.4 Å². The summed E-state index contributed by atoms with van der Waals surface area (Å²) in [6.07, 6.45) is 6.84. The molecule has 1 fully saturated rings. The number of carbonyl (C=O) groups is 1. The summed E-state index contributed by atoms with van der Waals surface area (Å²) in [6, 6.07) is 0.195. The lowest BCUT2D eigenvalue weighted by Crippen LogP contribution is -2.41. The summed E-state index contributed by atoms with van der Waals surface area (Å²) in [5.74, 6) is 0.0989. The van der Waals surface area contributed by atoms with E-state index in [1.165, 1.54) is 19.3 Å². The van der Waals surface area contributed by atoms with E-state index in [0.29, 0.717) is 6.54 Å². The normalized spacial score (nSPS) is 20.7. The first-order valence-corrected chi connectivity index (χ1v) is 6.89. The molecule has 1 atom stereocenters. The third-order valence-corrected chi connectivity index (χ3v) is 3.41. The van der Waals surface area contributed by atoms with Crippen LogP contribution >= 0.6 is 0 Å². The molecule has 0 radical (unpaired) electrons. The SMILES string of the molecule is CCCCCCNC(=O)CN1CCC[C@@H]1CO. The van der Waals surface area contributed by atoms with Crippen molar-refractivity contribution in [2.45, 2.75) is 51.5 Å². The third kappa shape index (κ3) is 5.50. The Kier molecular flexibility index (Phi) is 7.21. The topological polar surface area (TPSA) is 52.6 Å². The van der Waals surface area contributed by atoms with Crippen molar-refractivity contribution in [3.63, 3.8) is 0 Å². The highest BCUT2D eigenvalue weighted by Gasteiger charge is 2.24. The summed E-state index contributed by atoms with van der Waals surface area (Å²) in [6.45, 7) is 4.52. The summed E-state index contributed by atoms with van der Waals surface area (Å²) in [7, 11) is 0. The van der Waals surface area contributed by atoms with Crippen LogP contribution in [0.3, 0.4) is 0 Å². The lowest BCUT2D eigenvalue weighted by atomic mass is 10.2. The Morgan fingerprint density at radius 2 is 2.24 bits per heavy atom. The molecule has 0 spiro atoms. The van der Waals surface area contributed by atoms with Crippen molar-refractivity contribution in [2.75, 3.05) is 26.2 Å². The number of likely N-dealkylation sites (tertiary alicyclic amines) is 1. The van der Waals surface area contributed by atoms with E-state index in [9.17, 15) is 4.79 Å². The molecule has 1 rings (SSSR count). The maximum atomic E-state index is 11.7. The van der Waals surface area contributed by atoms with Crippen LogP contribution in [0.25, 0.3) is 0 Å². The zero-order valence-electron chi connectivity index (χ0n) is 11.0. The first-order valence-electron chi connectivity index (χ1n) is 6.89. The average Bonchev–Trinajstić information content (AvgIpc) is 2.76. The maximum absolute atomic E-state index is 11.7. The Morgan fingerprint density at radius 1 is 1.41 bits per heavy atom. The number of nitrogens with one attached hydrogen (secondary N) is 1. The molecule has 0 aromatic heterocycles. The van der Waals surface area contributed by atoms with Gasteiger partial charge in [0.25, 0.3) is 0 Å². The molecule has 2 N–H and O–H groups in total. The highest BCUT2D eigenvalue weighted by Crippen LogP contribution is 2.15. The zero-order valence-corrected chi connectivity index (χ0v) is 11.0. The summed E-state index contributed by atoms with van der Waals surface area (Å²) >= 11 is 0. The van der Waals surface area contributed by atoms with E-state index in [-0.39, 0.29) is 18.6 Å². The van der Waals surface area contributed by atoms with Gasteiger partial charge in [-0.05, 0) is 25.8 Å². The summed E-state index contributed by atoms with van der Waals surface area (Å²) in [5.41, 5.74) is 0. The Hall–Kier alpha value is -0.610. The molecule has 4 heteroatoms. The van der Waals surface area contributed by atoms with Gasteiger partial charge >= 0.3 is 0 Å². The minimum absolute atomic E-state index is 0.0989. The van der Waals surface area contributed by atoms with Crippen LogP contribution in [-0.4, -0.2) is 48.2 Å². The fourth-order valence-corrected chi connectivity index (χ4v) is 2.33. The second-order valence-corrected chi connectivity index (χ2v) is 4.86. The van der Waals surface area contributed by atoms with Crippen LogP contribution in [0.4, 0.5) is 0 Å². The Bertz CT molecular complexity index is 221. The monoisotopic (exact) mass is 242 g/mol. The maximum Gasteiger partial charge on any atom is 0.234 e. The molecule has 100 valence electrons. The van der Waals surface area contributed by atoms with Gasteiger partial charge in [0.15, 0.2) is 0 Å². The predicted molar refractivity (Wildman–Crippen MR) is 68.8 cm³/mol. The van der Waals surface area contributed by atoms with Crippen LogP contribution in [0, 0.1) is 0 Å². The Balaban J connectivity index is 2.08. The second kappa shape index (κ2) is 8.48. The van der Waals surface area contributed by atoms with Crippen LogP contribution in [0.15, 0.2) is 0 Å². The van der Waals surface area contributed by atoms with Gasteiger partial charge in [-0.2, -0.15) is 0 Å². The van der Waals surface area contributed by atoms with Gasteiger partial charge in [-0.1, -0.05) is 26.2 Å². The second-order valence-electron chi connectivity index (χ2n) is 4.86. The third-order valence-electron chi connectivity index (χ3n) is 3.41. The summed E-state index contributed by atoms with van der Waals surface area (Å²) < 4.78 is 0. The largest absolute Gasteiger partial charge is 0.395 e.